The number of methoxy groups -OCH3 is 1. The van der Waals surface area contributed by atoms with E-state index in [-0.39, 0.29) is 29.5 Å². The van der Waals surface area contributed by atoms with Crippen LogP contribution >= 0.6 is 0 Å². The average molecular weight is 492 g/mol. The topological polar surface area (TPSA) is 84.7 Å². The van der Waals surface area contributed by atoms with Crippen LogP contribution in [0.1, 0.15) is 78.8 Å². The second-order valence-electron chi connectivity index (χ2n) is 10.2. The number of ether oxygens (including phenoxy) is 1. The van der Waals surface area contributed by atoms with Gasteiger partial charge in [-0.2, -0.15) is 0 Å². The fraction of sp³-hybridized carbons (Fsp3) is 0.414. The highest BCUT2D eigenvalue weighted by Gasteiger charge is 2.22. The highest BCUT2D eigenvalue weighted by Crippen LogP contribution is 2.23. The lowest BCUT2D eigenvalue weighted by atomic mass is 9.86. The quantitative estimate of drug-likeness (QED) is 0.399. The van der Waals surface area contributed by atoms with Gasteiger partial charge in [0.2, 0.25) is 0 Å². The summed E-state index contributed by atoms with van der Waals surface area (Å²) in [6.45, 7) is 11.8. The van der Waals surface area contributed by atoms with Gasteiger partial charge in [0.1, 0.15) is 5.75 Å². The van der Waals surface area contributed by atoms with Gasteiger partial charge < -0.3 is 19.5 Å². The summed E-state index contributed by atoms with van der Waals surface area (Å²) in [7, 11) is 1.61. The molecular weight excluding hydrogens is 454 g/mol. The standard InChI is InChI=1S/C29H37N3O4/c1-7-20(2)18-32(28(34)22-10-12-23(13-11-22)29(3,4)5)19-25-16-26(31-36-25)27(33)30-17-21-8-14-24(35-6)15-9-21/h8-16,20H,7,17-19H2,1-6H3,(H,30,33). The van der Waals surface area contributed by atoms with Crippen LogP contribution in [-0.2, 0) is 18.5 Å². The maximum absolute atomic E-state index is 13.4. The molecule has 2 amide bonds. The van der Waals surface area contributed by atoms with Gasteiger partial charge in [-0.25, -0.2) is 0 Å². The van der Waals surface area contributed by atoms with E-state index in [1.165, 1.54) is 5.56 Å². The largest absolute Gasteiger partial charge is 0.497 e. The van der Waals surface area contributed by atoms with Crippen molar-refractivity contribution in [2.24, 2.45) is 5.92 Å². The van der Waals surface area contributed by atoms with Gasteiger partial charge in [-0.15, -0.1) is 0 Å². The molecule has 0 saturated heterocycles. The normalized spacial score (nSPS) is 12.2. The van der Waals surface area contributed by atoms with E-state index in [0.29, 0.717) is 30.3 Å². The minimum absolute atomic E-state index is 0.0160. The highest BCUT2D eigenvalue weighted by atomic mass is 16.5. The highest BCUT2D eigenvalue weighted by molar-refractivity contribution is 5.94. The van der Waals surface area contributed by atoms with Gasteiger partial charge in [-0.05, 0) is 46.7 Å². The van der Waals surface area contributed by atoms with Gasteiger partial charge in [0.25, 0.3) is 11.8 Å². The van der Waals surface area contributed by atoms with E-state index < -0.39 is 0 Å². The number of aromatic nitrogens is 1. The first-order valence-electron chi connectivity index (χ1n) is 12.4. The number of nitrogens with one attached hydrogen (secondary N) is 1. The van der Waals surface area contributed by atoms with Crippen molar-refractivity contribution in [3.05, 3.63) is 82.7 Å². The van der Waals surface area contributed by atoms with E-state index in [1.54, 1.807) is 18.1 Å². The summed E-state index contributed by atoms with van der Waals surface area (Å²) in [4.78, 5) is 27.7. The molecule has 0 aliphatic carbocycles. The smallest absolute Gasteiger partial charge is 0.273 e. The molecule has 1 N–H and O–H groups in total. The maximum atomic E-state index is 13.4. The van der Waals surface area contributed by atoms with Crippen molar-refractivity contribution in [1.29, 1.82) is 0 Å². The first-order valence-corrected chi connectivity index (χ1v) is 12.4. The molecule has 0 spiro atoms. The molecule has 7 nitrogen and oxygen atoms in total. The number of rotatable bonds is 10. The number of amides is 2. The first kappa shape index (κ1) is 27.0. The zero-order valence-electron chi connectivity index (χ0n) is 22.1. The number of carbonyl (C=O) groups is 2. The van der Waals surface area contributed by atoms with E-state index in [2.05, 4.69) is 45.1 Å². The zero-order valence-corrected chi connectivity index (χ0v) is 22.1. The van der Waals surface area contributed by atoms with Crippen molar-refractivity contribution < 1.29 is 18.8 Å². The predicted octanol–water partition coefficient (Wildman–Crippen LogP) is 5.60. The Bertz CT molecular complexity index is 1140. The second kappa shape index (κ2) is 11.9. The van der Waals surface area contributed by atoms with Crippen LogP contribution in [0.4, 0.5) is 0 Å². The van der Waals surface area contributed by atoms with Crippen LogP contribution in [0.15, 0.2) is 59.1 Å². The van der Waals surface area contributed by atoms with Gasteiger partial charge >= 0.3 is 0 Å². The molecule has 1 heterocycles. The molecule has 7 heteroatoms. The second-order valence-corrected chi connectivity index (χ2v) is 10.2. The molecule has 1 atom stereocenters. The van der Waals surface area contributed by atoms with E-state index in [9.17, 15) is 9.59 Å². The molecule has 0 saturated carbocycles. The number of carbonyl (C=O) groups excluding carboxylic acids is 2. The molecule has 1 unspecified atom stereocenters. The fourth-order valence-electron chi connectivity index (χ4n) is 3.72. The van der Waals surface area contributed by atoms with Gasteiger partial charge in [0.15, 0.2) is 11.5 Å². The lowest BCUT2D eigenvalue weighted by molar-refractivity contribution is 0.0699. The van der Waals surface area contributed by atoms with Crippen LogP contribution in [0.25, 0.3) is 0 Å². The Balaban J connectivity index is 1.68. The fourth-order valence-corrected chi connectivity index (χ4v) is 3.72. The molecule has 3 rings (SSSR count). The zero-order chi connectivity index (χ0) is 26.3. The van der Waals surface area contributed by atoms with Crippen molar-refractivity contribution in [3.8, 4) is 5.75 Å². The minimum atomic E-state index is -0.335. The Kier molecular flexibility index (Phi) is 8.91. The van der Waals surface area contributed by atoms with Crippen molar-refractivity contribution in [1.82, 2.24) is 15.4 Å². The molecule has 0 radical (unpaired) electrons. The van der Waals surface area contributed by atoms with E-state index >= 15 is 0 Å². The Morgan fingerprint density at radius 1 is 1.08 bits per heavy atom. The van der Waals surface area contributed by atoms with Gasteiger partial charge in [-0.3, -0.25) is 9.59 Å². The Morgan fingerprint density at radius 3 is 2.33 bits per heavy atom. The summed E-state index contributed by atoms with van der Waals surface area (Å²) >= 11 is 0. The van der Waals surface area contributed by atoms with Gasteiger partial charge in [0, 0.05) is 24.7 Å². The third-order valence-electron chi connectivity index (χ3n) is 6.26. The maximum Gasteiger partial charge on any atom is 0.273 e. The van der Waals surface area contributed by atoms with Gasteiger partial charge in [0.05, 0.1) is 13.7 Å². The first-order chi connectivity index (χ1) is 17.1. The molecule has 0 bridgehead atoms. The molecule has 192 valence electrons. The van der Waals surface area contributed by atoms with E-state index in [1.807, 2.05) is 48.5 Å². The molecule has 0 fully saturated rings. The molecule has 2 aromatic carbocycles. The number of nitrogens with zero attached hydrogens (tertiary/aromatic N) is 2. The summed E-state index contributed by atoms with van der Waals surface area (Å²) in [6.07, 6.45) is 0.947. The van der Waals surface area contributed by atoms with Crippen molar-refractivity contribution in [2.75, 3.05) is 13.7 Å². The third-order valence-corrected chi connectivity index (χ3v) is 6.26. The molecule has 36 heavy (non-hydrogen) atoms. The van der Waals surface area contributed by atoms with Crippen LogP contribution in [0, 0.1) is 5.92 Å². The van der Waals surface area contributed by atoms with Crippen LogP contribution < -0.4 is 10.1 Å². The van der Waals surface area contributed by atoms with Crippen LogP contribution in [0.3, 0.4) is 0 Å². The summed E-state index contributed by atoms with van der Waals surface area (Å²) in [5, 5.41) is 6.78. The summed E-state index contributed by atoms with van der Waals surface area (Å²) in [6, 6.07) is 16.8. The summed E-state index contributed by atoms with van der Waals surface area (Å²) in [5.41, 5.74) is 2.94. The van der Waals surface area contributed by atoms with Gasteiger partial charge in [-0.1, -0.05) is 70.5 Å². The van der Waals surface area contributed by atoms with Crippen molar-refractivity contribution >= 4 is 11.8 Å². The van der Waals surface area contributed by atoms with E-state index in [0.717, 1.165) is 17.7 Å². The number of hydrogen-bond acceptors (Lipinski definition) is 5. The molecule has 1 aromatic heterocycles. The molecule has 0 aliphatic heterocycles. The molecule has 3 aromatic rings. The molecule has 0 aliphatic rings. The Hall–Kier alpha value is -3.61. The monoisotopic (exact) mass is 491 g/mol. The van der Waals surface area contributed by atoms with Crippen LogP contribution in [-0.4, -0.2) is 35.5 Å². The predicted molar refractivity (Wildman–Crippen MR) is 140 cm³/mol. The lowest BCUT2D eigenvalue weighted by Crippen LogP contribution is -2.34. The average Bonchev–Trinajstić information content (AvgIpc) is 3.35. The summed E-state index contributed by atoms with van der Waals surface area (Å²) < 4.78 is 10.6. The van der Waals surface area contributed by atoms with Crippen LogP contribution in [0.5, 0.6) is 5.75 Å². The van der Waals surface area contributed by atoms with Crippen molar-refractivity contribution in [3.63, 3.8) is 0 Å². The SMILES string of the molecule is CCC(C)CN(Cc1cc(C(=O)NCc2ccc(OC)cc2)no1)C(=O)c1ccc(C(C)(C)C)cc1. The Morgan fingerprint density at radius 2 is 1.75 bits per heavy atom. The minimum Gasteiger partial charge on any atom is -0.497 e. The van der Waals surface area contributed by atoms with Crippen molar-refractivity contribution in [2.45, 2.75) is 59.5 Å². The summed E-state index contributed by atoms with van der Waals surface area (Å²) in [5.74, 6) is 1.13. The lowest BCUT2D eigenvalue weighted by Gasteiger charge is -2.25. The third kappa shape index (κ3) is 7.20. The molecular formula is C29H37N3O4. The number of benzene rings is 2. The Labute approximate surface area is 213 Å². The van der Waals surface area contributed by atoms with Crippen LogP contribution in [0.2, 0.25) is 0 Å². The number of hydrogen-bond donors (Lipinski definition) is 1. The van der Waals surface area contributed by atoms with E-state index in [4.69, 9.17) is 9.26 Å².